The molecule has 0 aliphatic rings. The molecule has 0 saturated heterocycles. The molecule has 0 spiro atoms. The lowest BCUT2D eigenvalue weighted by Crippen LogP contribution is -2.36. The first kappa shape index (κ1) is 15.6. The summed E-state index contributed by atoms with van der Waals surface area (Å²) in [4.78, 5) is 25.0. The predicted molar refractivity (Wildman–Crippen MR) is 80.0 cm³/mol. The highest BCUT2D eigenvalue weighted by atomic mass is 16.2. The number of tetrazole rings is 1. The third kappa shape index (κ3) is 3.46. The van der Waals surface area contributed by atoms with E-state index in [1.807, 2.05) is 13.0 Å². The fourth-order valence-electron chi connectivity index (χ4n) is 1.84. The Hall–Kier alpha value is -2.77. The molecule has 1 aromatic carbocycles. The number of hydrogen-bond acceptors (Lipinski definition) is 5. The Bertz CT molecular complexity index is 679. The highest BCUT2D eigenvalue weighted by Crippen LogP contribution is 2.17. The van der Waals surface area contributed by atoms with Crippen molar-refractivity contribution in [3.05, 3.63) is 29.8 Å². The van der Waals surface area contributed by atoms with Crippen LogP contribution in [0.4, 0.5) is 0 Å². The molecule has 1 heterocycles. The Labute approximate surface area is 128 Å². The van der Waals surface area contributed by atoms with Crippen LogP contribution in [0.25, 0.3) is 11.4 Å². The molecule has 0 bridgehead atoms. The van der Waals surface area contributed by atoms with E-state index in [1.165, 1.54) is 4.90 Å². The standard InChI is InChI=1S/C14H18N6O2/c1-4-20-13(16-17-18-20)10-6-5-7-11(8-10)14(22)15-9-12(21)19(2)3/h5-8H,4,9H2,1-3H3,(H,15,22). The van der Waals surface area contributed by atoms with Crippen molar-refractivity contribution in [1.82, 2.24) is 30.4 Å². The van der Waals surface area contributed by atoms with E-state index in [-0.39, 0.29) is 18.4 Å². The molecule has 116 valence electrons. The highest BCUT2D eigenvalue weighted by Gasteiger charge is 2.12. The Balaban J connectivity index is 2.15. The van der Waals surface area contributed by atoms with Gasteiger partial charge < -0.3 is 10.2 Å². The smallest absolute Gasteiger partial charge is 0.251 e. The molecule has 0 aliphatic heterocycles. The van der Waals surface area contributed by atoms with Crippen LogP contribution < -0.4 is 5.32 Å². The van der Waals surface area contributed by atoms with E-state index in [0.29, 0.717) is 17.9 Å². The maximum Gasteiger partial charge on any atom is 0.251 e. The van der Waals surface area contributed by atoms with E-state index < -0.39 is 0 Å². The van der Waals surface area contributed by atoms with Gasteiger partial charge in [0.15, 0.2) is 5.82 Å². The van der Waals surface area contributed by atoms with Crippen LogP contribution in [0.3, 0.4) is 0 Å². The average molecular weight is 302 g/mol. The molecular formula is C14H18N6O2. The second kappa shape index (κ2) is 6.79. The van der Waals surface area contributed by atoms with Gasteiger partial charge in [0.2, 0.25) is 5.91 Å². The van der Waals surface area contributed by atoms with Crippen molar-refractivity contribution < 1.29 is 9.59 Å². The van der Waals surface area contributed by atoms with Crippen molar-refractivity contribution in [2.75, 3.05) is 20.6 Å². The minimum Gasteiger partial charge on any atom is -0.347 e. The summed E-state index contributed by atoms with van der Waals surface area (Å²) in [6.07, 6.45) is 0. The summed E-state index contributed by atoms with van der Waals surface area (Å²) in [5, 5.41) is 14.1. The van der Waals surface area contributed by atoms with Gasteiger partial charge in [0, 0.05) is 31.8 Å². The minimum absolute atomic E-state index is 0.0389. The van der Waals surface area contributed by atoms with Crippen molar-refractivity contribution in [3.8, 4) is 11.4 Å². The lowest BCUT2D eigenvalue weighted by Gasteiger charge is -2.11. The minimum atomic E-state index is -0.312. The highest BCUT2D eigenvalue weighted by molar-refractivity contribution is 5.97. The SMILES string of the molecule is CCn1nnnc1-c1cccc(C(=O)NCC(=O)N(C)C)c1. The first-order chi connectivity index (χ1) is 10.5. The number of rotatable bonds is 5. The maximum atomic E-state index is 12.1. The molecule has 8 nitrogen and oxygen atoms in total. The molecule has 0 aliphatic carbocycles. The topological polar surface area (TPSA) is 93.0 Å². The summed E-state index contributed by atoms with van der Waals surface area (Å²) in [5.74, 6) is 0.119. The van der Waals surface area contributed by atoms with Crippen LogP contribution in [-0.4, -0.2) is 57.6 Å². The van der Waals surface area contributed by atoms with Crippen LogP contribution in [0.15, 0.2) is 24.3 Å². The van der Waals surface area contributed by atoms with Gasteiger partial charge in [-0.05, 0) is 29.5 Å². The van der Waals surface area contributed by atoms with Gasteiger partial charge in [0.25, 0.3) is 5.91 Å². The molecule has 1 aromatic heterocycles. The first-order valence-electron chi connectivity index (χ1n) is 6.88. The van der Waals surface area contributed by atoms with Crippen LogP contribution in [0.1, 0.15) is 17.3 Å². The van der Waals surface area contributed by atoms with E-state index in [9.17, 15) is 9.59 Å². The summed E-state index contributed by atoms with van der Waals surface area (Å²) in [6.45, 7) is 2.53. The van der Waals surface area contributed by atoms with Gasteiger partial charge in [-0.15, -0.1) is 5.10 Å². The number of benzene rings is 1. The second-order valence-electron chi connectivity index (χ2n) is 4.87. The molecule has 2 rings (SSSR count). The van der Waals surface area contributed by atoms with Gasteiger partial charge in [0.1, 0.15) is 0 Å². The lowest BCUT2D eigenvalue weighted by molar-refractivity contribution is -0.127. The van der Waals surface area contributed by atoms with Crippen molar-refractivity contribution in [2.45, 2.75) is 13.5 Å². The van der Waals surface area contributed by atoms with Gasteiger partial charge in [-0.3, -0.25) is 9.59 Å². The molecule has 8 heteroatoms. The molecule has 0 saturated carbocycles. The molecule has 0 atom stereocenters. The van der Waals surface area contributed by atoms with Crippen LogP contribution in [-0.2, 0) is 11.3 Å². The van der Waals surface area contributed by atoms with E-state index in [0.717, 1.165) is 5.56 Å². The molecule has 2 amide bonds. The van der Waals surface area contributed by atoms with Crippen LogP contribution in [0.5, 0.6) is 0 Å². The number of likely N-dealkylation sites (N-methyl/N-ethyl adjacent to an activating group) is 1. The van der Waals surface area contributed by atoms with E-state index in [1.54, 1.807) is 37.0 Å². The number of carbonyl (C=O) groups excluding carboxylic acids is 2. The number of aryl methyl sites for hydroxylation is 1. The van der Waals surface area contributed by atoms with Gasteiger partial charge in [-0.2, -0.15) is 0 Å². The number of hydrogen-bond donors (Lipinski definition) is 1. The Morgan fingerprint density at radius 3 is 2.77 bits per heavy atom. The Kier molecular flexibility index (Phi) is 4.82. The van der Waals surface area contributed by atoms with Crippen molar-refractivity contribution in [2.24, 2.45) is 0 Å². The zero-order chi connectivity index (χ0) is 16.1. The fourth-order valence-corrected chi connectivity index (χ4v) is 1.84. The Morgan fingerprint density at radius 2 is 2.09 bits per heavy atom. The van der Waals surface area contributed by atoms with E-state index >= 15 is 0 Å². The third-order valence-corrected chi connectivity index (χ3v) is 3.11. The molecule has 1 N–H and O–H groups in total. The zero-order valence-corrected chi connectivity index (χ0v) is 12.8. The molecule has 0 radical (unpaired) electrons. The number of carbonyl (C=O) groups is 2. The molecule has 2 aromatic rings. The summed E-state index contributed by atoms with van der Waals surface area (Å²) < 4.78 is 1.65. The van der Waals surface area contributed by atoms with Gasteiger partial charge in [0.05, 0.1) is 6.54 Å². The van der Waals surface area contributed by atoms with E-state index in [2.05, 4.69) is 20.8 Å². The molecule has 0 unspecified atom stereocenters. The average Bonchev–Trinajstić information content (AvgIpc) is 3.00. The van der Waals surface area contributed by atoms with Gasteiger partial charge in [-0.25, -0.2) is 4.68 Å². The predicted octanol–water partition coefficient (Wildman–Crippen LogP) is 0.178. The van der Waals surface area contributed by atoms with Crippen LogP contribution in [0.2, 0.25) is 0 Å². The quantitative estimate of drug-likeness (QED) is 0.850. The van der Waals surface area contributed by atoms with Gasteiger partial charge in [-0.1, -0.05) is 12.1 Å². The van der Waals surface area contributed by atoms with Crippen molar-refractivity contribution in [1.29, 1.82) is 0 Å². The second-order valence-corrected chi connectivity index (χ2v) is 4.87. The summed E-state index contributed by atoms with van der Waals surface area (Å²) in [6, 6.07) is 6.97. The van der Waals surface area contributed by atoms with E-state index in [4.69, 9.17) is 0 Å². The monoisotopic (exact) mass is 302 g/mol. The maximum absolute atomic E-state index is 12.1. The fraction of sp³-hybridized carbons (Fsp3) is 0.357. The number of aromatic nitrogens is 4. The number of nitrogens with zero attached hydrogens (tertiary/aromatic N) is 5. The molecule has 22 heavy (non-hydrogen) atoms. The first-order valence-corrected chi connectivity index (χ1v) is 6.88. The summed E-state index contributed by atoms with van der Waals surface area (Å²) in [5.41, 5.74) is 1.20. The molecule has 0 fully saturated rings. The lowest BCUT2D eigenvalue weighted by atomic mass is 10.1. The molecular weight excluding hydrogens is 284 g/mol. The van der Waals surface area contributed by atoms with Crippen LogP contribution in [0, 0.1) is 0 Å². The largest absolute Gasteiger partial charge is 0.347 e. The van der Waals surface area contributed by atoms with Crippen LogP contribution >= 0.6 is 0 Å². The third-order valence-electron chi connectivity index (χ3n) is 3.11. The summed E-state index contributed by atoms with van der Waals surface area (Å²) >= 11 is 0. The normalized spacial score (nSPS) is 10.3. The Morgan fingerprint density at radius 1 is 1.32 bits per heavy atom. The number of nitrogens with one attached hydrogen (secondary N) is 1. The van der Waals surface area contributed by atoms with Crippen molar-refractivity contribution in [3.63, 3.8) is 0 Å². The van der Waals surface area contributed by atoms with Crippen molar-refractivity contribution >= 4 is 11.8 Å². The van der Waals surface area contributed by atoms with Gasteiger partial charge >= 0.3 is 0 Å². The zero-order valence-electron chi connectivity index (χ0n) is 12.8. The summed E-state index contributed by atoms with van der Waals surface area (Å²) in [7, 11) is 3.28. The number of amides is 2.